The van der Waals surface area contributed by atoms with E-state index in [0.717, 1.165) is 11.1 Å². The minimum absolute atomic E-state index is 0.147. The van der Waals surface area contributed by atoms with Crippen LogP contribution >= 0.6 is 0 Å². The maximum Gasteiger partial charge on any atom is 0.338 e. The molecule has 2 atom stereocenters. The molecule has 0 bridgehead atoms. The molecule has 38 heavy (non-hydrogen) atoms. The van der Waals surface area contributed by atoms with E-state index in [-0.39, 0.29) is 24.6 Å². The summed E-state index contributed by atoms with van der Waals surface area (Å²) in [5, 5.41) is 3.00. The zero-order chi connectivity index (χ0) is 27.4. The van der Waals surface area contributed by atoms with Crippen LogP contribution in [0.3, 0.4) is 0 Å². The number of halogens is 1. The van der Waals surface area contributed by atoms with Crippen molar-refractivity contribution in [2.45, 2.75) is 39.8 Å². The second kappa shape index (κ2) is 11.8. The molecule has 1 saturated heterocycles. The van der Waals surface area contributed by atoms with Crippen molar-refractivity contribution in [2.75, 3.05) is 39.3 Å². The van der Waals surface area contributed by atoms with E-state index in [9.17, 15) is 18.8 Å². The number of esters is 1. The molecule has 2 aliphatic rings. The van der Waals surface area contributed by atoms with Crippen LogP contribution in [0.5, 0.6) is 0 Å². The number of carbonyl (C=O) groups is 3. The average Bonchev–Trinajstić information content (AvgIpc) is 2.88. The number of benzene rings is 2. The molecule has 202 valence electrons. The van der Waals surface area contributed by atoms with Crippen molar-refractivity contribution in [3.8, 4) is 0 Å². The van der Waals surface area contributed by atoms with E-state index in [1.165, 1.54) is 18.2 Å². The molecule has 0 radical (unpaired) electrons. The highest BCUT2D eigenvalue weighted by Crippen LogP contribution is 2.33. The van der Waals surface area contributed by atoms with Gasteiger partial charge in [-0.25, -0.2) is 14.0 Å². The molecule has 2 aromatic carbocycles. The summed E-state index contributed by atoms with van der Waals surface area (Å²) in [4.78, 5) is 45.0. The van der Waals surface area contributed by atoms with Gasteiger partial charge in [-0.05, 0) is 51.5 Å². The Balaban J connectivity index is 1.63. The molecule has 9 heteroatoms. The number of hydrogen-bond acceptors (Lipinski definition) is 5. The van der Waals surface area contributed by atoms with Crippen LogP contribution in [0.15, 0.2) is 59.8 Å². The van der Waals surface area contributed by atoms with Crippen molar-refractivity contribution < 1.29 is 23.5 Å². The van der Waals surface area contributed by atoms with E-state index < -0.39 is 17.8 Å². The van der Waals surface area contributed by atoms with Crippen LogP contribution in [0.25, 0.3) is 0 Å². The van der Waals surface area contributed by atoms with Crippen LogP contribution in [0, 0.1) is 12.7 Å². The highest BCUT2D eigenvalue weighted by molar-refractivity contribution is 5.95. The first kappa shape index (κ1) is 27.3. The Morgan fingerprint density at radius 1 is 1.11 bits per heavy atom. The molecule has 0 saturated carbocycles. The van der Waals surface area contributed by atoms with Gasteiger partial charge in [-0.3, -0.25) is 14.6 Å². The van der Waals surface area contributed by atoms with Crippen LogP contribution in [-0.4, -0.2) is 78.0 Å². The minimum atomic E-state index is -0.632. The first-order chi connectivity index (χ1) is 18.2. The number of nitrogens with one attached hydrogen (secondary N) is 1. The molecule has 2 aliphatic heterocycles. The Bertz CT molecular complexity index is 1250. The van der Waals surface area contributed by atoms with Crippen LogP contribution in [0.1, 0.15) is 48.3 Å². The summed E-state index contributed by atoms with van der Waals surface area (Å²) in [5.74, 6) is -1.12. The molecule has 2 aromatic rings. The lowest BCUT2D eigenvalue weighted by Gasteiger charge is -2.43. The lowest BCUT2D eigenvalue weighted by atomic mass is 9.93. The average molecular weight is 523 g/mol. The standard InChI is InChI=1S/C29H35FN4O4/c1-5-33-24(18-32-13-14-34(20(4)17-32)27(35)22-11-8-12-23(30)16-22)25(28(36)38-6-2)26(31-29(33)37)21-10-7-9-19(3)15-21/h7-12,15-16,20,26H,5-6,13-14,17-18H2,1-4H3,(H,31,37)/t20-,26-/m0/s1. The molecular weight excluding hydrogens is 487 g/mol. The number of amides is 3. The van der Waals surface area contributed by atoms with Crippen molar-refractivity contribution in [2.24, 2.45) is 0 Å². The highest BCUT2D eigenvalue weighted by atomic mass is 19.1. The number of likely N-dealkylation sites (N-methyl/N-ethyl adjacent to an activating group) is 1. The second-order valence-corrected chi connectivity index (χ2v) is 9.71. The number of piperazine rings is 1. The molecule has 0 aromatic heterocycles. The van der Waals surface area contributed by atoms with Crippen molar-refractivity contribution in [3.63, 3.8) is 0 Å². The van der Waals surface area contributed by atoms with Crippen LogP contribution in [0.2, 0.25) is 0 Å². The first-order valence-corrected chi connectivity index (χ1v) is 13.1. The van der Waals surface area contributed by atoms with Gasteiger partial charge >= 0.3 is 12.0 Å². The summed E-state index contributed by atoms with van der Waals surface area (Å²) >= 11 is 0. The van der Waals surface area contributed by atoms with Crippen LogP contribution in [0.4, 0.5) is 9.18 Å². The number of ether oxygens (including phenoxy) is 1. The predicted octanol–water partition coefficient (Wildman–Crippen LogP) is 3.88. The lowest BCUT2D eigenvalue weighted by Crippen LogP contribution is -2.56. The van der Waals surface area contributed by atoms with E-state index in [1.54, 1.807) is 22.8 Å². The SMILES string of the molecule is CCOC(=O)C1=C(CN2CCN(C(=O)c3cccc(F)c3)[C@@H](C)C2)N(CC)C(=O)N[C@H]1c1cccc(C)c1. The first-order valence-electron chi connectivity index (χ1n) is 13.1. The number of nitrogens with zero attached hydrogens (tertiary/aromatic N) is 3. The fraction of sp³-hybridized carbons (Fsp3) is 0.414. The summed E-state index contributed by atoms with van der Waals surface area (Å²) in [7, 11) is 0. The molecule has 0 aliphatic carbocycles. The second-order valence-electron chi connectivity index (χ2n) is 9.71. The number of rotatable bonds is 7. The molecule has 0 unspecified atom stereocenters. The Kier molecular flexibility index (Phi) is 8.46. The third kappa shape index (κ3) is 5.72. The number of urea groups is 1. The van der Waals surface area contributed by atoms with E-state index >= 15 is 0 Å². The van der Waals surface area contributed by atoms with Gasteiger partial charge in [0.15, 0.2) is 0 Å². The molecular formula is C29H35FN4O4. The minimum Gasteiger partial charge on any atom is -0.463 e. The smallest absolute Gasteiger partial charge is 0.338 e. The van der Waals surface area contributed by atoms with Crippen molar-refractivity contribution in [1.29, 1.82) is 0 Å². The third-order valence-corrected chi connectivity index (χ3v) is 7.04. The maximum absolute atomic E-state index is 13.7. The lowest BCUT2D eigenvalue weighted by molar-refractivity contribution is -0.139. The fourth-order valence-electron chi connectivity index (χ4n) is 5.23. The van der Waals surface area contributed by atoms with Gasteiger partial charge < -0.3 is 15.0 Å². The summed E-state index contributed by atoms with van der Waals surface area (Å²) in [6.45, 7) is 10.0. The Labute approximate surface area is 223 Å². The zero-order valence-electron chi connectivity index (χ0n) is 22.4. The van der Waals surface area contributed by atoms with Gasteiger partial charge in [-0.15, -0.1) is 0 Å². The monoisotopic (exact) mass is 522 g/mol. The molecule has 8 nitrogen and oxygen atoms in total. The normalized spacial score (nSPS) is 20.4. The summed E-state index contributed by atoms with van der Waals surface area (Å²) < 4.78 is 19.2. The summed E-state index contributed by atoms with van der Waals surface area (Å²) in [6.07, 6.45) is 0. The van der Waals surface area contributed by atoms with Gasteiger partial charge in [-0.2, -0.15) is 0 Å². The van der Waals surface area contributed by atoms with Gasteiger partial charge in [0.2, 0.25) is 0 Å². The number of carbonyl (C=O) groups excluding carboxylic acids is 3. The topological polar surface area (TPSA) is 82.2 Å². The van der Waals surface area contributed by atoms with Crippen molar-refractivity contribution >= 4 is 17.9 Å². The Morgan fingerprint density at radius 2 is 1.87 bits per heavy atom. The van der Waals surface area contributed by atoms with E-state index in [4.69, 9.17) is 4.74 Å². The summed E-state index contributed by atoms with van der Waals surface area (Å²) in [5.41, 5.74) is 3.18. The van der Waals surface area contributed by atoms with Crippen LogP contribution in [-0.2, 0) is 9.53 Å². The van der Waals surface area contributed by atoms with E-state index in [2.05, 4.69) is 10.2 Å². The van der Waals surface area contributed by atoms with Crippen molar-refractivity contribution in [3.05, 3.63) is 82.3 Å². The largest absolute Gasteiger partial charge is 0.463 e. The Morgan fingerprint density at radius 3 is 2.53 bits per heavy atom. The number of aryl methyl sites for hydroxylation is 1. The van der Waals surface area contributed by atoms with E-state index in [0.29, 0.717) is 49.6 Å². The molecule has 1 fully saturated rings. The van der Waals surface area contributed by atoms with Crippen LogP contribution < -0.4 is 5.32 Å². The van der Waals surface area contributed by atoms with Gasteiger partial charge in [0.05, 0.1) is 18.2 Å². The summed E-state index contributed by atoms with van der Waals surface area (Å²) in [6, 6.07) is 12.4. The molecule has 3 amide bonds. The third-order valence-electron chi connectivity index (χ3n) is 7.04. The van der Waals surface area contributed by atoms with Gasteiger partial charge in [0.25, 0.3) is 5.91 Å². The fourth-order valence-corrected chi connectivity index (χ4v) is 5.23. The van der Waals surface area contributed by atoms with Gasteiger partial charge in [0, 0.05) is 50.0 Å². The molecule has 1 N–H and O–H groups in total. The quantitative estimate of drug-likeness (QED) is 0.558. The molecule has 2 heterocycles. The predicted molar refractivity (Wildman–Crippen MR) is 142 cm³/mol. The van der Waals surface area contributed by atoms with Crippen molar-refractivity contribution in [1.82, 2.24) is 20.0 Å². The van der Waals surface area contributed by atoms with Gasteiger partial charge in [-0.1, -0.05) is 35.9 Å². The maximum atomic E-state index is 13.7. The Hall–Kier alpha value is -3.72. The molecule has 0 spiro atoms. The number of hydrogen-bond donors (Lipinski definition) is 1. The zero-order valence-corrected chi connectivity index (χ0v) is 22.4. The molecule has 4 rings (SSSR count). The van der Waals surface area contributed by atoms with E-state index in [1.807, 2.05) is 45.0 Å². The van der Waals surface area contributed by atoms with Gasteiger partial charge in [0.1, 0.15) is 5.82 Å². The highest BCUT2D eigenvalue weighted by Gasteiger charge is 2.39.